The Hall–Kier alpha value is -2.28. The maximum atomic E-state index is 13.5. The number of hydrogen-bond acceptors (Lipinski definition) is 5. The normalized spacial score (nSPS) is 17.2. The summed E-state index contributed by atoms with van der Waals surface area (Å²) in [5.74, 6) is 0.940. The molecule has 2 aliphatic rings. The van der Waals surface area contributed by atoms with Gasteiger partial charge in [-0.3, -0.25) is 9.69 Å². The Bertz CT molecular complexity index is 855. The molecule has 2 heterocycles. The summed E-state index contributed by atoms with van der Waals surface area (Å²) in [6, 6.07) is 13.4. The largest absolute Gasteiger partial charge is 0.454 e. The molecule has 29 heavy (non-hydrogen) atoms. The van der Waals surface area contributed by atoms with Crippen LogP contribution in [-0.4, -0.2) is 61.4 Å². The second-order valence-corrected chi connectivity index (χ2v) is 7.78. The molecule has 2 aromatic rings. The number of nitrogens with zero attached hydrogens (tertiary/aromatic N) is 2. The summed E-state index contributed by atoms with van der Waals surface area (Å²) in [4.78, 5) is 17.8. The van der Waals surface area contributed by atoms with Crippen LogP contribution in [0.1, 0.15) is 22.8 Å². The summed E-state index contributed by atoms with van der Waals surface area (Å²) in [5, 5.41) is 0.392. The maximum Gasteiger partial charge on any atom is 0.254 e. The molecule has 4 rings (SSSR count). The molecule has 1 unspecified atom stereocenters. The molecule has 0 spiro atoms. The van der Waals surface area contributed by atoms with E-state index in [2.05, 4.69) is 11.8 Å². The Kier molecular flexibility index (Phi) is 6.23. The minimum Gasteiger partial charge on any atom is -0.454 e. The van der Waals surface area contributed by atoms with Crippen LogP contribution in [0.5, 0.6) is 11.5 Å². The van der Waals surface area contributed by atoms with Crippen LogP contribution in [0.25, 0.3) is 0 Å². The second kappa shape index (κ2) is 9.03. The molecule has 1 fully saturated rings. The fourth-order valence-corrected chi connectivity index (χ4v) is 3.99. The lowest BCUT2D eigenvalue weighted by molar-refractivity contribution is 0.0228. The van der Waals surface area contributed by atoms with E-state index in [1.165, 1.54) is 0 Å². The van der Waals surface area contributed by atoms with Gasteiger partial charge >= 0.3 is 0 Å². The first-order valence-corrected chi connectivity index (χ1v) is 10.2. The van der Waals surface area contributed by atoms with Gasteiger partial charge in [-0.15, -0.1) is 0 Å². The van der Waals surface area contributed by atoms with Crippen LogP contribution in [0.2, 0.25) is 5.02 Å². The average molecular weight is 417 g/mol. The van der Waals surface area contributed by atoms with Gasteiger partial charge in [-0.05, 0) is 24.6 Å². The maximum absolute atomic E-state index is 13.5. The molecule has 1 amide bonds. The zero-order chi connectivity index (χ0) is 20.2. The summed E-state index contributed by atoms with van der Waals surface area (Å²) in [6.45, 7) is 6.76. The number of hydrogen-bond donors (Lipinski definition) is 0. The SMILES string of the molecule is CC(CN1CCOCC1)N(Cc1ccccc1)C(=O)c1cc(Cl)c2c(c1)OCO2. The number of carbonyl (C=O) groups excluding carboxylic acids is 1. The number of carbonyl (C=O) groups is 1. The third-order valence-corrected chi connectivity index (χ3v) is 5.57. The molecule has 2 aromatic carbocycles. The van der Waals surface area contributed by atoms with Gasteiger partial charge in [-0.1, -0.05) is 41.9 Å². The van der Waals surface area contributed by atoms with E-state index in [1.807, 2.05) is 35.2 Å². The van der Waals surface area contributed by atoms with Crippen molar-refractivity contribution in [1.82, 2.24) is 9.80 Å². The van der Waals surface area contributed by atoms with Gasteiger partial charge < -0.3 is 19.1 Å². The minimum absolute atomic E-state index is 0.0185. The van der Waals surface area contributed by atoms with Gasteiger partial charge in [-0.25, -0.2) is 0 Å². The van der Waals surface area contributed by atoms with E-state index < -0.39 is 0 Å². The summed E-state index contributed by atoms with van der Waals surface area (Å²) in [5.41, 5.74) is 1.59. The van der Waals surface area contributed by atoms with Crippen LogP contribution in [0, 0.1) is 0 Å². The smallest absolute Gasteiger partial charge is 0.254 e. The standard InChI is InChI=1S/C22H25ClN2O4/c1-16(13-24-7-9-27-10-8-24)25(14-17-5-3-2-4-6-17)22(26)18-11-19(23)21-20(12-18)28-15-29-21/h2-6,11-12,16H,7-10,13-15H2,1H3. The predicted molar refractivity (Wildman–Crippen MR) is 111 cm³/mol. The van der Waals surface area contributed by atoms with Gasteiger partial charge in [0.25, 0.3) is 5.91 Å². The van der Waals surface area contributed by atoms with Crippen LogP contribution >= 0.6 is 11.6 Å². The quantitative estimate of drug-likeness (QED) is 0.722. The van der Waals surface area contributed by atoms with E-state index in [9.17, 15) is 4.79 Å². The molecule has 6 nitrogen and oxygen atoms in total. The monoisotopic (exact) mass is 416 g/mol. The molecule has 0 bridgehead atoms. The Labute approximate surface area is 175 Å². The third-order valence-electron chi connectivity index (χ3n) is 5.29. The summed E-state index contributed by atoms with van der Waals surface area (Å²) < 4.78 is 16.3. The molecule has 0 aliphatic carbocycles. The molecular weight excluding hydrogens is 392 g/mol. The van der Waals surface area contributed by atoms with Gasteiger partial charge in [0.1, 0.15) is 0 Å². The number of morpholine rings is 1. The Balaban J connectivity index is 1.58. The van der Waals surface area contributed by atoms with E-state index in [0.29, 0.717) is 28.6 Å². The predicted octanol–water partition coefficient (Wildman–Crippen LogP) is 3.43. The highest BCUT2D eigenvalue weighted by Gasteiger charge is 2.27. The van der Waals surface area contributed by atoms with Gasteiger partial charge in [-0.2, -0.15) is 0 Å². The topological polar surface area (TPSA) is 51.2 Å². The van der Waals surface area contributed by atoms with Crippen molar-refractivity contribution >= 4 is 17.5 Å². The van der Waals surface area contributed by atoms with Crippen LogP contribution < -0.4 is 9.47 Å². The fraction of sp³-hybridized carbons (Fsp3) is 0.409. The molecule has 0 aromatic heterocycles. The first kappa shape index (κ1) is 20.0. The fourth-order valence-electron chi connectivity index (χ4n) is 3.72. The number of benzene rings is 2. The first-order valence-electron chi connectivity index (χ1n) is 9.86. The van der Waals surface area contributed by atoms with Crippen molar-refractivity contribution in [1.29, 1.82) is 0 Å². The summed E-state index contributed by atoms with van der Waals surface area (Å²) in [7, 11) is 0. The molecule has 2 aliphatic heterocycles. The molecule has 1 saturated heterocycles. The molecular formula is C22H25ClN2O4. The van der Waals surface area contributed by atoms with Crippen LogP contribution in [0.3, 0.4) is 0 Å². The highest BCUT2D eigenvalue weighted by atomic mass is 35.5. The van der Waals surface area contributed by atoms with Crippen LogP contribution in [-0.2, 0) is 11.3 Å². The number of amides is 1. The van der Waals surface area contributed by atoms with Gasteiger partial charge in [0, 0.05) is 37.8 Å². The van der Waals surface area contributed by atoms with Crippen molar-refractivity contribution in [3.63, 3.8) is 0 Å². The molecule has 0 saturated carbocycles. The third kappa shape index (κ3) is 4.66. The zero-order valence-corrected chi connectivity index (χ0v) is 17.2. The number of fused-ring (bicyclic) bond motifs is 1. The van der Waals surface area contributed by atoms with Crippen molar-refractivity contribution in [3.8, 4) is 11.5 Å². The molecule has 1 atom stereocenters. The summed E-state index contributed by atoms with van der Waals surface area (Å²) in [6.07, 6.45) is 0. The number of ether oxygens (including phenoxy) is 3. The lowest BCUT2D eigenvalue weighted by Crippen LogP contribution is -2.48. The minimum atomic E-state index is -0.0742. The van der Waals surface area contributed by atoms with Gasteiger partial charge in [0.05, 0.1) is 18.2 Å². The van der Waals surface area contributed by atoms with E-state index in [0.717, 1.165) is 38.4 Å². The summed E-state index contributed by atoms with van der Waals surface area (Å²) >= 11 is 6.32. The van der Waals surface area contributed by atoms with Crippen molar-refractivity contribution in [2.45, 2.75) is 19.5 Å². The first-order chi connectivity index (χ1) is 14.1. The van der Waals surface area contributed by atoms with E-state index in [4.69, 9.17) is 25.8 Å². The Morgan fingerprint density at radius 1 is 1.17 bits per heavy atom. The van der Waals surface area contributed by atoms with Crippen LogP contribution in [0.4, 0.5) is 0 Å². The Morgan fingerprint density at radius 3 is 2.69 bits per heavy atom. The lowest BCUT2D eigenvalue weighted by Gasteiger charge is -2.35. The zero-order valence-electron chi connectivity index (χ0n) is 16.5. The Morgan fingerprint density at radius 2 is 1.93 bits per heavy atom. The number of halogens is 1. The highest BCUT2D eigenvalue weighted by molar-refractivity contribution is 6.32. The van der Waals surface area contributed by atoms with E-state index >= 15 is 0 Å². The molecule has 0 radical (unpaired) electrons. The van der Waals surface area contributed by atoms with Crippen molar-refractivity contribution in [2.24, 2.45) is 0 Å². The second-order valence-electron chi connectivity index (χ2n) is 7.37. The van der Waals surface area contributed by atoms with E-state index in [1.54, 1.807) is 12.1 Å². The van der Waals surface area contributed by atoms with Crippen LogP contribution in [0.15, 0.2) is 42.5 Å². The average Bonchev–Trinajstić information content (AvgIpc) is 3.22. The molecule has 154 valence electrons. The van der Waals surface area contributed by atoms with Crippen molar-refractivity contribution in [2.75, 3.05) is 39.6 Å². The van der Waals surface area contributed by atoms with E-state index in [-0.39, 0.29) is 18.7 Å². The molecule has 7 heteroatoms. The van der Waals surface area contributed by atoms with Crippen molar-refractivity contribution < 1.29 is 19.0 Å². The van der Waals surface area contributed by atoms with Crippen molar-refractivity contribution in [3.05, 3.63) is 58.6 Å². The highest BCUT2D eigenvalue weighted by Crippen LogP contribution is 2.40. The van der Waals surface area contributed by atoms with Gasteiger partial charge in [0.15, 0.2) is 11.5 Å². The molecule has 0 N–H and O–H groups in total. The lowest BCUT2D eigenvalue weighted by atomic mass is 10.1. The van der Waals surface area contributed by atoms with Gasteiger partial charge in [0.2, 0.25) is 6.79 Å². The number of rotatable bonds is 6.